The van der Waals surface area contributed by atoms with Crippen LogP contribution in [0.4, 0.5) is 0 Å². The molecule has 0 aromatic rings. The maximum Gasteiger partial charge on any atom is 0.223 e. The molecule has 1 fully saturated rings. The lowest BCUT2D eigenvalue weighted by Crippen LogP contribution is -2.43. The first-order valence-electron chi connectivity index (χ1n) is 7.73. The number of hydrogen-bond donors (Lipinski definition) is 1. The Morgan fingerprint density at radius 1 is 1.30 bits per heavy atom. The van der Waals surface area contributed by atoms with Crippen LogP contribution in [-0.2, 0) is 9.59 Å². The number of aliphatic hydroxyl groups is 1. The summed E-state index contributed by atoms with van der Waals surface area (Å²) in [4.78, 5) is 27.6. The lowest BCUT2D eigenvalue weighted by molar-refractivity contribution is -0.138. The first kappa shape index (κ1) is 17.0. The molecule has 116 valence electrons. The molecule has 5 heteroatoms. The molecule has 1 saturated heterocycles. The van der Waals surface area contributed by atoms with Gasteiger partial charge < -0.3 is 14.9 Å². The van der Waals surface area contributed by atoms with Crippen molar-refractivity contribution in [3.8, 4) is 0 Å². The lowest BCUT2D eigenvalue weighted by Gasteiger charge is -2.34. The normalized spacial score (nSPS) is 20.6. The van der Waals surface area contributed by atoms with Gasteiger partial charge in [0.25, 0.3) is 0 Å². The predicted molar refractivity (Wildman–Crippen MR) is 78.1 cm³/mol. The van der Waals surface area contributed by atoms with Gasteiger partial charge in [-0.05, 0) is 33.6 Å². The van der Waals surface area contributed by atoms with Crippen LogP contribution in [0.5, 0.6) is 0 Å². The molecule has 2 atom stereocenters. The first-order chi connectivity index (χ1) is 9.49. The van der Waals surface area contributed by atoms with E-state index in [1.807, 2.05) is 13.8 Å². The van der Waals surface area contributed by atoms with E-state index in [2.05, 4.69) is 0 Å². The smallest absolute Gasteiger partial charge is 0.223 e. The van der Waals surface area contributed by atoms with Crippen molar-refractivity contribution in [3.05, 3.63) is 0 Å². The fourth-order valence-electron chi connectivity index (χ4n) is 2.74. The Bertz CT molecular complexity index is 327. The van der Waals surface area contributed by atoms with Gasteiger partial charge in [0.2, 0.25) is 11.8 Å². The number of likely N-dealkylation sites (tertiary alicyclic amines) is 1. The van der Waals surface area contributed by atoms with Crippen molar-refractivity contribution in [2.45, 2.75) is 52.6 Å². The maximum atomic E-state index is 12.1. The molecule has 0 aromatic heterocycles. The summed E-state index contributed by atoms with van der Waals surface area (Å²) in [6.07, 6.45) is 2.10. The van der Waals surface area contributed by atoms with Gasteiger partial charge in [-0.3, -0.25) is 9.59 Å². The Balaban J connectivity index is 2.40. The molecule has 0 aliphatic carbocycles. The number of amides is 2. The standard InChI is InChI=1S/C15H28N2O3/c1-4-16(5-2)14(19)8-9-15(20)17-10-6-7-13(11-17)12(3)18/h12-13,18H,4-11H2,1-3H3. The van der Waals surface area contributed by atoms with Gasteiger partial charge in [0.1, 0.15) is 0 Å². The zero-order valence-corrected chi connectivity index (χ0v) is 13.0. The third-order valence-electron chi connectivity index (χ3n) is 4.16. The van der Waals surface area contributed by atoms with E-state index < -0.39 is 0 Å². The van der Waals surface area contributed by atoms with Gasteiger partial charge in [0.05, 0.1) is 6.10 Å². The maximum absolute atomic E-state index is 12.1. The predicted octanol–water partition coefficient (Wildman–Crippen LogP) is 1.25. The largest absolute Gasteiger partial charge is 0.393 e. The molecule has 1 aliphatic rings. The lowest BCUT2D eigenvalue weighted by atomic mass is 9.93. The molecule has 2 amide bonds. The van der Waals surface area contributed by atoms with E-state index in [9.17, 15) is 14.7 Å². The van der Waals surface area contributed by atoms with Crippen LogP contribution in [0.1, 0.15) is 46.5 Å². The highest BCUT2D eigenvalue weighted by Crippen LogP contribution is 2.20. The summed E-state index contributed by atoms with van der Waals surface area (Å²) in [5.41, 5.74) is 0. The Labute approximate surface area is 121 Å². The van der Waals surface area contributed by atoms with Crippen LogP contribution in [0.15, 0.2) is 0 Å². The number of rotatable bonds is 6. The number of piperidine rings is 1. The van der Waals surface area contributed by atoms with Crippen molar-refractivity contribution >= 4 is 11.8 Å². The van der Waals surface area contributed by atoms with Crippen molar-refractivity contribution in [3.63, 3.8) is 0 Å². The average molecular weight is 284 g/mol. The molecule has 1 heterocycles. The van der Waals surface area contributed by atoms with E-state index in [0.717, 1.165) is 19.4 Å². The average Bonchev–Trinajstić information content (AvgIpc) is 2.46. The fraction of sp³-hybridized carbons (Fsp3) is 0.867. The molecule has 0 aromatic carbocycles. The Morgan fingerprint density at radius 3 is 2.50 bits per heavy atom. The monoisotopic (exact) mass is 284 g/mol. The second-order valence-electron chi connectivity index (χ2n) is 5.55. The highest BCUT2D eigenvalue weighted by molar-refractivity contribution is 5.83. The van der Waals surface area contributed by atoms with E-state index in [4.69, 9.17) is 0 Å². The van der Waals surface area contributed by atoms with Gasteiger partial charge >= 0.3 is 0 Å². The third-order valence-corrected chi connectivity index (χ3v) is 4.16. The number of carbonyl (C=O) groups is 2. The molecule has 1 rings (SSSR count). The summed E-state index contributed by atoms with van der Waals surface area (Å²) in [6, 6.07) is 0. The van der Waals surface area contributed by atoms with Crippen molar-refractivity contribution in [2.75, 3.05) is 26.2 Å². The van der Waals surface area contributed by atoms with Gasteiger partial charge in [-0.1, -0.05) is 0 Å². The van der Waals surface area contributed by atoms with E-state index in [0.29, 0.717) is 19.6 Å². The van der Waals surface area contributed by atoms with Crippen molar-refractivity contribution in [1.82, 2.24) is 9.80 Å². The van der Waals surface area contributed by atoms with Crippen LogP contribution in [-0.4, -0.2) is 59.0 Å². The minimum atomic E-state index is -0.372. The summed E-state index contributed by atoms with van der Waals surface area (Å²) in [5, 5.41) is 9.63. The minimum absolute atomic E-state index is 0.0378. The van der Waals surface area contributed by atoms with Crippen LogP contribution in [0.2, 0.25) is 0 Å². The molecule has 20 heavy (non-hydrogen) atoms. The Hall–Kier alpha value is -1.10. The molecular formula is C15H28N2O3. The first-order valence-corrected chi connectivity index (χ1v) is 7.73. The van der Waals surface area contributed by atoms with Gasteiger partial charge in [0, 0.05) is 44.9 Å². The van der Waals surface area contributed by atoms with Crippen molar-refractivity contribution in [2.24, 2.45) is 5.92 Å². The fourth-order valence-corrected chi connectivity index (χ4v) is 2.74. The second kappa shape index (κ2) is 8.25. The van der Waals surface area contributed by atoms with E-state index >= 15 is 0 Å². The molecule has 0 saturated carbocycles. The van der Waals surface area contributed by atoms with Crippen LogP contribution in [0, 0.1) is 5.92 Å². The number of carbonyl (C=O) groups excluding carboxylic acids is 2. The molecule has 0 spiro atoms. The zero-order valence-electron chi connectivity index (χ0n) is 13.0. The quantitative estimate of drug-likeness (QED) is 0.798. The SMILES string of the molecule is CCN(CC)C(=O)CCC(=O)N1CCCC(C(C)O)C1. The third kappa shape index (κ3) is 4.78. The van der Waals surface area contributed by atoms with E-state index in [1.165, 1.54) is 0 Å². The second-order valence-corrected chi connectivity index (χ2v) is 5.55. The minimum Gasteiger partial charge on any atom is -0.393 e. The zero-order chi connectivity index (χ0) is 15.1. The molecule has 1 N–H and O–H groups in total. The Kier molecular flexibility index (Phi) is 6.99. The van der Waals surface area contributed by atoms with Gasteiger partial charge in [-0.15, -0.1) is 0 Å². The number of aliphatic hydroxyl groups excluding tert-OH is 1. The summed E-state index contributed by atoms with van der Waals surface area (Å²) in [7, 11) is 0. The number of hydrogen-bond acceptors (Lipinski definition) is 3. The summed E-state index contributed by atoms with van der Waals surface area (Å²) in [6.45, 7) is 8.43. The van der Waals surface area contributed by atoms with Crippen molar-refractivity contribution < 1.29 is 14.7 Å². The van der Waals surface area contributed by atoms with E-state index in [-0.39, 0.29) is 36.7 Å². The van der Waals surface area contributed by atoms with Gasteiger partial charge in [0.15, 0.2) is 0 Å². The topological polar surface area (TPSA) is 60.9 Å². The van der Waals surface area contributed by atoms with Gasteiger partial charge in [-0.2, -0.15) is 0 Å². The Morgan fingerprint density at radius 2 is 1.95 bits per heavy atom. The molecule has 0 radical (unpaired) electrons. The highest BCUT2D eigenvalue weighted by Gasteiger charge is 2.26. The molecular weight excluding hydrogens is 256 g/mol. The van der Waals surface area contributed by atoms with Crippen LogP contribution in [0.3, 0.4) is 0 Å². The van der Waals surface area contributed by atoms with Crippen LogP contribution >= 0.6 is 0 Å². The number of nitrogens with zero attached hydrogens (tertiary/aromatic N) is 2. The molecule has 5 nitrogen and oxygen atoms in total. The molecule has 0 bridgehead atoms. The van der Waals surface area contributed by atoms with E-state index in [1.54, 1.807) is 16.7 Å². The van der Waals surface area contributed by atoms with Crippen LogP contribution < -0.4 is 0 Å². The summed E-state index contributed by atoms with van der Waals surface area (Å²) >= 11 is 0. The van der Waals surface area contributed by atoms with Crippen molar-refractivity contribution in [1.29, 1.82) is 0 Å². The van der Waals surface area contributed by atoms with Crippen LogP contribution in [0.25, 0.3) is 0 Å². The molecule has 2 unspecified atom stereocenters. The van der Waals surface area contributed by atoms with Gasteiger partial charge in [-0.25, -0.2) is 0 Å². The molecule has 1 aliphatic heterocycles. The summed E-state index contributed by atoms with van der Waals surface area (Å²) in [5.74, 6) is 0.259. The summed E-state index contributed by atoms with van der Waals surface area (Å²) < 4.78 is 0. The highest BCUT2D eigenvalue weighted by atomic mass is 16.3.